The van der Waals surface area contributed by atoms with E-state index < -0.39 is 0 Å². The van der Waals surface area contributed by atoms with Crippen molar-refractivity contribution in [3.05, 3.63) is 0 Å². The molecule has 0 aromatic heterocycles. The van der Waals surface area contributed by atoms with Crippen LogP contribution in [0.1, 0.15) is 80.6 Å². The van der Waals surface area contributed by atoms with E-state index in [4.69, 9.17) is 0 Å². The predicted molar refractivity (Wildman–Crippen MR) is 82.7 cm³/mol. The zero-order chi connectivity index (χ0) is 13.9. The molecule has 0 spiro atoms. The highest BCUT2D eigenvalue weighted by Crippen LogP contribution is 2.70. The maximum atomic E-state index is 2.52. The highest BCUT2D eigenvalue weighted by molar-refractivity contribution is 5.12. The molecule has 0 nitrogen and oxygen atoms in total. The maximum absolute atomic E-state index is 2.52. The Bertz CT molecular complexity index is 240. The van der Waals surface area contributed by atoms with Crippen molar-refractivity contribution in [1.29, 1.82) is 0 Å². The third-order valence-electron chi connectivity index (χ3n) is 5.18. The van der Waals surface area contributed by atoms with Gasteiger partial charge in [-0.05, 0) is 47.8 Å². The Hall–Kier alpha value is 0. The second kappa shape index (κ2) is 6.44. The Balaban J connectivity index is 2.85. The van der Waals surface area contributed by atoms with E-state index in [1.807, 2.05) is 0 Å². The lowest BCUT2D eigenvalue weighted by Crippen LogP contribution is -2.13. The van der Waals surface area contributed by atoms with Crippen molar-refractivity contribution in [1.82, 2.24) is 0 Å². The SMILES string of the molecule is CCCC(C)C1C(C(C)C)C1(CCC)CC(C)C. The van der Waals surface area contributed by atoms with Crippen molar-refractivity contribution in [3.63, 3.8) is 0 Å². The Labute approximate surface area is 116 Å². The van der Waals surface area contributed by atoms with Gasteiger partial charge in [0.2, 0.25) is 0 Å². The summed E-state index contributed by atoms with van der Waals surface area (Å²) in [6, 6.07) is 0. The van der Waals surface area contributed by atoms with Crippen LogP contribution in [0.4, 0.5) is 0 Å². The smallest absolute Gasteiger partial charge is 0.0228 e. The van der Waals surface area contributed by atoms with Gasteiger partial charge in [0.1, 0.15) is 0 Å². The molecule has 1 fully saturated rings. The van der Waals surface area contributed by atoms with Crippen molar-refractivity contribution in [2.45, 2.75) is 80.6 Å². The third kappa shape index (κ3) is 3.11. The van der Waals surface area contributed by atoms with Crippen LogP contribution in [0.25, 0.3) is 0 Å². The molecule has 0 aliphatic heterocycles. The summed E-state index contributed by atoms with van der Waals surface area (Å²) in [6.45, 7) is 17.0. The minimum atomic E-state index is 0.700. The van der Waals surface area contributed by atoms with E-state index >= 15 is 0 Å². The van der Waals surface area contributed by atoms with E-state index in [1.54, 1.807) is 0 Å². The van der Waals surface area contributed by atoms with Gasteiger partial charge in [0.25, 0.3) is 0 Å². The Morgan fingerprint density at radius 1 is 0.889 bits per heavy atom. The standard InChI is InChI=1S/C18H36/c1-8-10-15(7)17-16(14(5)6)18(17,11-9-2)12-13(3)4/h13-17H,8-12H2,1-7H3. The Morgan fingerprint density at radius 2 is 1.50 bits per heavy atom. The fraction of sp³-hybridized carbons (Fsp3) is 1.00. The highest BCUT2D eigenvalue weighted by Gasteiger charge is 2.64. The zero-order valence-electron chi connectivity index (χ0n) is 13.9. The van der Waals surface area contributed by atoms with Crippen molar-refractivity contribution < 1.29 is 0 Å². The molecule has 0 amide bonds. The molecular weight excluding hydrogens is 216 g/mol. The van der Waals surface area contributed by atoms with Gasteiger partial charge in [0.05, 0.1) is 0 Å². The van der Waals surface area contributed by atoms with Crippen LogP contribution in [0, 0.1) is 35.0 Å². The third-order valence-corrected chi connectivity index (χ3v) is 5.18. The maximum Gasteiger partial charge on any atom is -0.0228 e. The summed E-state index contributed by atoms with van der Waals surface area (Å²) in [7, 11) is 0. The fourth-order valence-electron chi connectivity index (χ4n) is 5.12. The molecule has 108 valence electrons. The summed E-state index contributed by atoms with van der Waals surface area (Å²) in [5, 5.41) is 0. The van der Waals surface area contributed by atoms with Crippen molar-refractivity contribution in [2.75, 3.05) is 0 Å². The lowest BCUT2D eigenvalue weighted by Gasteiger charge is -2.23. The molecule has 1 saturated carbocycles. The number of hydrogen-bond donors (Lipinski definition) is 0. The van der Waals surface area contributed by atoms with Crippen LogP contribution in [-0.2, 0) is 0 Å². The minimum Gasteiger partial charge on any atom is -0.0654 e. The average molecular weight is 252 g/mol. The summed E-state index contributed by atoms with van der Waals surface area (Å²) in [5.74, 6) is 4.69. The second-order valence-corrected chi connectivity index (χ2v) is 7.64. The van der Waals surface area contributed by atoms with E-state index in [2.05, 4.69) is 48.5 Å². The number of rotatable bonds is 8. The van der Waals surface area contributed by atoms with E-state index in [-0.39, 0.29) is 0 Å². The zero-order valence-corrected chi connectivity index (χ0v) is 13.9. The quantitative estimate of drug-likeness (QED) is 0.485. The van der Waals surface area contributed by atoms with Crippen LogP contribution < -0.4 is 0 Å². The Morgan fingerprint density at radius 3 is 1.89 bits per heavy atom. The molecule has 4 unspecified atom stereocenters. The Kier molecular flexibility index (Phi) is 5.74. The normalized spacial score (nSPS) is 33.2. The topological polar surface area (TPSA) is 0 Å². The summed E-state index contributed by atoms with van der Waals surface area (Å²) in [4.78, 5) is 0. The summed E-state index contributed by atoms with van der Waals surface area (Å²) >= 11 is 0. The molecule has 0 bridgehead atoms. The predicted octanol–water partition coefficient (Wildman–Crippen LogP) is 6.16. The molecule has 1 aliphatic rings. The molecule has 18 heavy (non-hydrogen) atoms. The van der Waals surface area contributed by atoms with Gasteiger partial charge >= 0.3 is 0 Å². The second-order valence-electron chi connectivity index (χ2n) is 7.64. The van der Waals surface area contributed by atoms with Gasteiger partial charge in [-0.25, -0.2) is 0 Å². The summed E-state index contributed by atoms with van der Waals surface area (Å²) in [5.41, 5.74) is 0.700. The van der Waals surface area contributed by atoms with Gasteiger partial charge in [0.15, 0.2) is 0 Å². The first-order valence-electron chi connectivity index (χ1n) is 8.40. The summed E-state index contributed by atoms with van der Waals surface area (Å²) in [6.07, 6.45) is 7.07. The molecule has 1 rings (SSSR count). The molecule has 4 atom stereocenters. The molecule has 0 aromatic rings. The lowest BCUT2D eigenvalue weighted by atomic mass is 9.82. The molecule has 0 N–H and O–H groups in total. The minimum absolute atomic E-state index is 0.700. The molecule has 1 aliphatic carbocycles. The van der Waals surface area contributed by atoms with Crippen molar-refractivity contribution in [3.8, 4) is 0 Å². The fourth-order valence-corrected chi connectivity index (χ4v) is 5.12. The molecule has 0 saturated heterocycles. The van der Waals surface area contributed by atoms with Gasteiger partial charge in [0, 0.05) is 0 Å². The largest absolute Gasteiger partial charge is 0.0654 e. The van der Waals surface area contributed by atoms with E-state index in [9.17, 15) is 0 Å². The van der Waals surface area contributed by atoms with E-state index in [1.165, 1.54) is 32.1 Å². The molecule has 0 heterocycles. The first kappa shape index (κ1) is 16.1. The number of hydrogen-bond acceptors (Lipinski definition) is 0. The first-order valence-corrected chi connectivity index (χ1v) is 8.40. The van der Waals surface area contributed by atoms with Gasteiger partial charge in [-0.1, -0.05) is 67.7 Å². The van der Waals surface area contributed by atoms with Gasteiger partial charge in [-0.2, -0.15) is 0 Å². The van der Waals surface area contributed by atoms with Crippen LogP contribution in [0.15, 0.2) is 0 Å². The van der Waals surface area contributed by atoms with Gasteiger partial charge < -0.3 is 0 Å². The lowest BCUT2D eigenvalue weighted by molar-refractivity contribution is 0.274. The van der Waals surface area contributed by atoms with Crippen LogP contribution >= 0.6 is 0 Å². The van der Waals surface area contributed by atoms with Crippen LogP contribution in [0.5, 0.6) is 0 Å². The van der Waals surface area contributed by atoms with E-state index in [0.29, 0.717) is 5.41 Å². The van der Waals surface area contributed by atoms with Gasteiger partial charge in [-0.3, -0.25) is 0 Å². The van der Waals surface area contributed by atoms with Crippen LogP contribution in [0.3, 0.4) is 0 Å². The van der Waals surface area contributed by atoms with Crippen molar-refractivity contribution in [2.24, 2.45) is 35.0 Å². The molecule has 0 aromatic carbocycles. The monoisotopic (exact) mass is 252 g/mol. The van der Waals surface area contributed by atoms with Gasteiger partial charge in [-0.15, -0.1) is 0 Å². The van der Waals surface area contributed by atoms with Crippen LogP contribution in [-0.4, -0.2) is 0 Å². The van der Waals surface area contributed by atoms with Crippen LogP contribution in [0.2, 0.25) is 0 Å². The summed E-state index contributed by atoms with van der Waals surface area (Å²) < 4.78 is 0. The molecule has 0 heteroatoms. The molecular formula is C18H36. The van der Waals surface area contributed by atoms with E-state index in [0.717, 1.165) is 29.6 Å². The highest BCUT2D eigenvalue weighted by atomic mass is 14.7. The first-order chi connectivity index (χ1) is 8.40. The molecule has 0 radical (unpaired) electrons. The average Bonchev–Trinajstić information content (AvgIpc) is 2.86. The van der Waals surface area contributed by atoms with Crippen molar-refractivity contribution >= 4 is 0 Å².